The summed E-state index contributed by atoms with van der Waals surface area (Å²) in [4.78, 5) is 9.05. The third-order valence-corrected chi connectivity index (χ3v) is 4.60. The van der Waals surface area contributed by atoms with Gasteiger partial charge in [0.15, 0.2) is 11.6 Å². The van der Waals surface area contributed by atoms with Crippen molar-refractivity contribution in [2.75, 3.05) is 0 Å². The molecule has 1 aliphatic rings. The van der Waals surface area contributed by atoms with Crippen LogP contribution in [0.3, 0.4) is 0 Å². The van der Waals surface area contributed by atoms with Gasteiger partial charge in [0.25, 0.3) is 11.8 Å². The maximum Gasteiger partial charge on any atom is 0.258 e. The van der Waals surface area contributed by atoms with E-state index in [0.29, 0.717) is 23.4 Å². The molecule has 2 N–H and O–H groups in total. The quantitative estimate of drug-likeness (QED) is 0.779. The largest absolute Gasteiger partial charge is 0.334 e. The Balaban J connectivity index is 1.74. The van der Waals surface area contributed by atoms with Gasteiger partial charge in [0.05, 0.1) is 16.7 Å². The molecule has 2 heterocycles. The van der Waals surface area contributed by atoms with Crippen molar-refractivity contribution >= 4 is 0 Å². The molecular weight excluding hydrogens is 318 g/mol. The first kappa shape index (κ1) is 16.0. The van der Waals surface area contributed by atoms with Crippen molar-refractivity contribution < 1.29 is 9.05 Å². The van der Waals surface area contributed by atoms with Gasteiger partial charge in [-0.3, -0.25) is 0 Å². The third kappa shape index (κ3) is 2.74. The molecule has 1 aliphatic carbocycles. The SMILES string of the molecule is CC(C)(C)c1noc(-c2ccccc2-c2nc(C3(N)CCC3)no2)n1. The van der Waals surface area contributed by atoms with E-state index in [1.54, 1.807) is 0 Å². The number of nitrogens with zero attached hydrogens (tertiary/aromatic N) is 4. The van der Waals surface area contributed by atoms with E-state index in [4.69, 9.17) is 14.8 Å². The fourth-order valence-electron chi connectivity index (χ4n) is 2.81. The van der Waals surface area contributed by atoms with Gasteiger partial charge in [-0.1, -0.05) is 43.2 Å². The van der Waals surface area contributed by atoms with Gasteiger partial charge >= 0.3 is 0 Å². The van der Waals surface area contributed by atoms with Crippen molar-refractivity contribution in [1.82, 2.24) is 20.3 Å². The second kappa shape index (κ2) is 5.49. The van der Waals surface area contributed by atoms with Gasteiger partial charge in [-0.05, 0) is 31.4 Å². The Hall–Kier alpha value is -2.54. The molecular formula is C18H21N5O2. The minimum Gasteiger partial charge on any atom is -0.334 e. The minimum absolute atomic E-state index is 0.190. The molecule has 1 saturated carbocycles. The van der Waals surface area contributed by atoms with E-state index in [-0.39, 0.29) is 5.41 Å². The van der Waals surface area contributed by atoms with Crippen molar-refractivity contribution in [3.63, 3.8) is 0 Å². The average molecular weight is 339 g/mol. The molecule has 3 aromatic rings. The monoisotopic (exact) mass is 339 g/mol. The number of aromatic nitrogens is 4. The summed E-state index contributed by atoms with van der Waals surface area (Å²) in [5.74, 6) is 2.06. The molecule has 0 amide bonds. The van der Waals surface area contributed by atoms with Crippen LogP contribution in [0.1, 0.15) is 51.7 Å². The molecule has 130 valence electrons. The third-order valence-electron chi connectivity index (χ3n) is 4.60. The van der Waals surface area contributed by atoms with Crippen LogP contribution in [0, 0.1) is 0 Å². The summed E-state index contributed by atoms with van der Waals surface area (Å²) in [5.41, 5.74) is 7.16. The lowest BCUT2D eigenvalue weighted by atomic mass is 9.77. The summed E-state index contributed by atoms with van der Waals surface area (Å²) in [6, 6.07) is 7.62. The molecule has 7 heteroatoms. The number of rotatable bonds is 3. The predicted molar refractivity (Wildman–Crippen MR) is 91.4 cm³/mol. The van der Waals surface area contributed by atoms with Crippen molar-refractivity contribution in [1.29, 1.82) is 0 Å². The number of hydrogen-bond donors (Lipinski definition) is 1. The molecule has 25 heavy (non-hydrogen) atoms. The molecule has 0 unspecified atom stereocenters. The van der Waals surface area contributed by atoms with Gasteiger partial charge in [0, 0.05) is 5.41 Å². The molecule has 1 fully saturated rings. The summed E-state index contributed by atoms with van der Waals surface area (Å²) >= 11 is 0. The summed E-state index contributed by atoms with van der Waals surface area (Å²) in [7, 11) is 0. The zero-order valence-electron chi connectivity index (χ0n) is 14.6. The van der Waals surface area contributed by atoms with Crippen LogP contribution < -0.4 is 5.73 Å². The Morgan fingerprint density at radius 3 is 2.08 bits per heavy atom. The van der Waals surface area contributed by atoms with Crippen LogP contribution in [0.25, 0.3) is 22.9 Å². The van der Waals surface area contributed by atoms with Crippen LogP contribution in [0.4, 0.5) is 0 Å². The Bertz CT molecular complexity index is 902. The van der Waals surface area contributed by atoms with Gasteiger partial charge in [-0.25, -0.2) is 0 Å². The van der Waals surface area contributed by atoms with E-state index in [9.17, 15) is 0 Å². The molecule has 7 nitrogen and oxygen atoms in total. The number of nitrogens with two attached hydrogens (primary N) is 1. The van der Waals surface area contributed by atoms with Gasteiger partial charge in [0.2, 0.25) is 0 Å². The fraction of sp³-hybridized carbons (Fsp3) is 0.444. The zero-order chi connectivity index (χ0) is 17.7. The van der Waals surface area contributed by atoms with Crippen LogP contribution in [-0.4, -0.2) is 20.3 Å². The molecule has 0 radical (unpaired) electrons. The molecule has 0 atom stereocenters. The molecule has 0 spiro atoms. The Kier molecular flexibility index (Phi) is 3.50. The summed E-state index contributed by atoms with van der Waals surface area (Å²) in [6.07, 6.45) is 2.85. The summed E-state index contributed by atoms with van der Waals surface area (Å²) < 4.78 is 10.9. The van der Waals surface area contributed by atoms with Crippen molar-refractivity contribution in [3.8, 4) is 22.9 Å². The van der Waals surface area contributed by atoms with E-state index in [0.717, 1.165) is 30.4 Å². The zero-order valence-corrected chi connectivity index (χ0v) is 14.6. The molecule has 0 bridgehead atoms. The molecule has 2 aromatic heterocycles. The van der Waals surface area contributed by atoms with Crippen LogP contribution in [0.5, 0.6) is 0 Å². The standard InChI is InChI=1S/C18H21N5O2/c1-17(2,3)15-20-13(24-22-15)11-7-4-5-8-12(11)14-21-16(23-25-14)18(19)9-6-10-18/h4-5,7-8H,6,9-10,19H2,1-3H3. The fourth-order valence-corrected chi connectivity index (χ4v) is 2.81. The Morgan fingerprint density at radius 2 is 1.56 bits per heavy atom. The first-order valence-electron chi connectivity index (χ1n) is 8.44. The van der Waals surface area contributed by atoms with E-state index < -0.39 is 5.54 Å². The molecule has 0 saturated heterocycles. The lowest BCUT2D eigenvalue weighted by Crippen LogP contribution is -2.44. The first-order chi connectivity index (χ1) is 11.9. The smallest absolute Gasteiger partial charge is 0.258 e. The Morgan fingerprint density at radius 1 is 0.960 bits per heavy atom. The van der Waals surface area contributed by atoms with Crippen LogP contribution in [-0.2, 0) is 11.0 Å². The summed E-state index contributed by atoms with van der Waals surface area (Å²) in [5, 5.41) is 8.18. The highest BCUT2D eigenvalue weighted by Gasteiger charge is 2.39. The van der Waals surface area contributed by atoms with E-state index in [2.05, 4.69) is 20.3 Å². The first-order valence-corrected chi connectivity index (χ1v) is 8.44. The second-order valence-electron chi connectivity index (χ2n) is 7.65. The molecule has 4 rings (SSSR count). The van der Waals surface area contributed by atoms with Crippen LogP contribution in [0.2, 0.25) is 0 Å². The molecule has 1 aromatic carbocycles. The minimum atomic E-state index is -0.458. The average Bonchev–Trinajstić information content (AvgIpc) is 3.21. The molecule has 0 aliphatic heterocycles. The highest BCUT2D eigenvalue weighted by Crippen LogP contribution is 2.38. The topological polar surface area (TPSA) is 104 Å². The maximum absolute atomic E-state index is 6.29. The van der Waals surface area contributed by atoms with Gasteiger partial charge in [-0.15, -0.1) is 0 Å². The van der Waals surface area contributed by atoms with Gasteiger partial charge in [0.1, 0.15) is 0 Å². The Labute approximate surface area is 145 Å². The van der Waals surface area contributed by atoms with E-state index in [1.165, 1.54) is 0 Å². The maximum atomic E-state index is 6.29. The number of benzene rings is 1. The van der Waals surface area contributed by atoms with Crippen molar-refractivity contribution in [2.45, 2.75) is 51.0 Å². The normalized spacial score (nSPS) is 16.6. The van der Waals surface area contributed by atoms with Crippen LogP contribution in [0.15, 0.2) is 33.3 Å². The lowest BCUT2D eigenvalue weighted by Gasteiger charge is -2.34. The second-order valence-corrected chi connectivity index (χ2v) is 7.65. The van der Waals surface area contributed by atoms with E-state index >= 15 is 0 Å². The van der Waals surface area contributed by atoms with Crippen molar-refractivity contribution in [3.05, 3.63) is 35.9 Å². The predicted octanol–water partition coefficient (Wildman–Crippen LogP) is 3.42. The lowest BCUT2D eigenvalue weighted by molar-refractivity contribution is 0.229. The highest BCUT2D eigenvalue weighted by molar-refractivity contribution is 5.75. The number of hydrogen-bond acceptors (Lipinski definition) is 7. The van der Waals surface area contributed by atoms with Gasteiger partial charge in [-0.2, -0.15) is 9.97 Å². The van der Waals surface area contributed by atoms with Crippen molar-refractivity contribution in [2.24, 2.45) is 5.73 Å². The highest BCUT2D eigenvalue weighted by atomic mass is 16.5. The van der Waals surface area contributed by atoms with E-state index in [1.807, 2.05) is 45.0 Å². The van der Waals surface area contributed by atoms with Crippen LogP contribution >= 0.6 is 0 Å². The van der Waals surface area contributed by atoms with Gasteiger partial charge < -0.3 is 14.8 Å². The summed E-state index contributed by atoms with van der Waals surface area (Å²) in [6.45, 7) is 6.12.